The molecule has 3 heterocycles. The third-order valence-corrected chi connectivity index (χ3v) is 6.71. The average molecular weight is 538 g/mol. The fraction of sp³-hybridized carbons (Fsp3) is 0.172. The van der Waals surface area contributed by atoms with Gasteiger partial charge in [0.25, 0.3) is 0 Å². The molecule has 1 fully saturated rings. The Morgan fingerprint density at radius 3 is 2.12 bits per heavy atom. The zero-order valence-electron chi connectivity index (χ0n) is 21.3. The van der Waals surface area contributed by atoms with E-state index in [0.29, 0.717) is 17.0 Å². The van der Waals surface area contributed by atoms with E-state index in [1.807, 2.05) is 60.7 Å². The Morgan fingerprint density at radius 1 is 0.850 bits per heavy atom. The van der Waals surface area contributed by atoms with Gasteiger partial charge in [0.15, 0.2) is 23.2 Å². The van der Waals surface area contributed by atoms with Crippen LogP contribution in [0.5, 0.6) is 0 Å². The van der Waals surface area contributed by atoms with Crippen LogP contribution in [-0.4, -0.2) is 66.0 Å². The summed E-state index contributed by atoms with van der Waals surface area (Å²) in [4.78, 5) is 15.0. The summed E-state index contributed by atoms with van der Waals surface area (Å²) in [7, 11) is 0. The molecule has 5 aromatic rings. The smallest absolute Gasteiger partial charge is 0.177 e. The zero-order chi connectivity index (χ0) is 27.5. The van der Waals surface area contributed by atoms with Crippen LogP contribution in [0, 0.1) is 0 Å². The summed E-state index contributed by atoms with van der Waals surface area (Å²) in [6, 6.07) is 28.4. The van der Waals surface area contributed by atoms with Crippen molar-refractivity contribution in [2.75, 3.05) is 16.9 Å². The summed E-state index contributed by atoms with van der Waals surface area (Å²) in [5.41, 5.74) is 7.70. The van der Waals surface area contributed by atoms with Crippen LogP contribution in [0.15, 0.2) is 103 Å². The number of ether oxygens (including phenoxy) is 1. The molecule has 4 atom stereocenters. The molecule has 11 nitrogen and oxygen atoms in total. The lowest BCUT2D eigenvalue weighted by Crippen LogP contribution is -2.33. The SMILES string of the molecule is OC[C@H]1O[C@@H](n2cnc3c(N/N=C/c4ccc(N(c5ccccc5)c5ccccc5)cc4)ncnc32)[C@@H](O)C1O. The average Bonchev–Trinajstić information content (AvgIpc) is 3.56. The molecule has 1 saturated heterocycles. The van der Waals surface area contributed by atoms with Crippen LogP contribution in [0.25, 0.3) is 11.2 Å². The van der Waals surface area contributed by atoms with Gasteiger partial charge in [0, 0.05) is 17.1 Å². The van der Waals surface area contributed by atoms with E-state index in [2.05, 4.69) is 54.6 Å². The fourth-order valence-electron chi connectivity index (χ4n) is 4.71. The van der Waals surface area contributed by atoms with Crippen molar-refractivity contribution in [2.24, 2.45) is 5.10 Å². The van der Waals surface area contributed by atoms with E-state index in [9.17, 15) is 15.3 Å². The molecule has 0 aliphatic carbocycles. The third kappa shape index (κ3) is 4.90. The van der Waals surface area contributed by atoms with E-state index >= 15 is 0 Å². The first kappa shape index (κ1) is 25.6. The number of imidazole rings is 1. The Kier molecular flexibility index (Phi) is 7.17. The number of benzene rings is 3. The van der Waals surface area contributed by atoms with E-state index in [4.69, 9.17) is 4.74 Å². The number of aromatic nitrogens is 4. The molecule has 202 valence electrons. The molecule has 1 unspecified atom stereocenters. The first-order valence-electron chi connectivity index (χ1n) is 12.7. The number of rotatable bonds is 8. The molecule has 0 amide bonds. The van der Waals surface area contributed by atoms with E-state index in [0.717, 1.165) is 22.6 Å². The van der Waals surface area contributed by atoms with Gasteiger partial charge in [-0.1, -0.05) is 48.5 Å². The third-order valence-electron chi connectivity index (χ3n) is 6.71. The monoisotopic (exact) mass is 537 g/mol. The Hall–Kier alpha value is -4.68. The van der Waals surface area contributed by atoms with Crippen molar-refractivity contribution >= 4 is 40.3 Å². The predicted molar refractivity (Wildman–Crippen MR) is 151 cm³/mol. The van der Waals surface area contributed by atoms with Crippen molar-refractivity contribution < 1.29 is 20.1 Å². The summed E-state index contributed by atoms with van der Waals surface area (Å²) < 4.78 is 7.11. The molecule has 2 aromatic heterocycles. The standard InChI is InChI=1S/C29H27N7O4/c37-16-23-25(38)26(39)29(40-23)35-18-32-24-27(30-17-31-28(24)35)34-33-15-19-11-13-22(14-12-19)36(20-7-3-1-4-8-20)21-9-5-2-6-10-21/h1-15,17-18,23,25-26,29,37-39H,16H2,(H,30,31,34)/b33-15+/t23-,25?,26+,29-/m1/s1. The van der Waals surface area contributed by atoms with Gasteiger partial charge in [0.1, 0.15) is 24.6 Å². The van der Waals surface area contributed by atoms with Crippen molar-refractivity contribution in [1.82, 2.24) is 19.5 Å². The fourth-order valence-corrected chi connectivity index (χ4v) is 4.71. The number of hydrazone groups is 1. The quantitative estimate of drug-likeness (QED) is 0.173. The Balaban J connectivity index is 1.20. The maximum atomic E-state index is 10.4. The van der Waals surface area contributed by atoms with E-state index < -0.39 is 31.1 Å². The van der Waals surface area contributed by atoms with Crippen LogP contribution >= 0.6 is 0 Å². The molecule has 0 radical (unpaired) electrons. The van der Waals surface area contributed by atoms with Gasteiger partial charge in [-0.3, -0.25) is 9.99 Å². The highest BCUT2D eigenvalue weighted by molar-refractivity contribution is 5.85. The van der Waals surface area contributed by atoms with E-state index in [1.54, 1.807) is 6.21 Å². The van der Waals surface area contributed by atoms with Crippen molar-refractivity contribution in [3.8, 4) is 0 Å². The van der Waals surface area contributed by atoms with Gasteiger partial charge in [-0.25, -0.2) is 15.0 Å². The Bertz CT molecular complexity index is 1560. The van der Waals surface area contributed by atoms with Crippen LogP contribution in [0.2, 0.25) is 0 Å². The number of para-hydroxylation sites is 2. The lowest BCUT2D eigenvalue weighted by molar-refractivity contribution is -0.0511. The summed E-state index contributed by atoms with van der Waals surface area (Å²) in [5, 5.41) is 34.2. The van der Waals surface area contributed by atoms with Gasteiger partial charge < -0.3 is 25.0 Å². The van der Waals surface area contributed by atoms with Crippen LogP contribution in [0.1, 0.15) is 11.8 Å². The van der Waals surface area contributed by atoms with Crippen LogP contribution in [0.4, 0.5) is 22.9 Å². The second kappa shape index (κ2) is 11.2. The number of anilines is 4. The molecule has 0 saturated carbocycles. The van der Waals surface area contributed by atoms with Gasteiger partial charge in [-0.2, -0.15) is 5.10 Å². The normalized spacial score (nSPS) is 20.8. The minimum absolute atomic E-state index is 0.364. The largest absolute Gasteiger partial charge is 0.394 e. The molecule has 1 aliphatic heterocycles. The second-order valence-electron chi connectivity index (χ2n) is 9.24. The van der Waals surface area contributed by atoms with Crippen molar-refractivity contribution in [3.05, 3.63) is 103 Å². The Morgan fingerprint density at radius 2 is 1.50 bits per heavy atom. The maximum Gasteiger partial charge on any atom is 0.177 e. The summed E-state index contributed by atoms with van der Waals surface area (Å²) in [6.07, 6.45) is 0.135. The number of hydrogen-bond acceptors (Lipinski definition) is 10. The molecule has 4 N–H and O–H groups in total. The lowest BCUT2D eigenvalue weighted by atomic mass is 10.1. The topological polar surface area (TPSA) is 141 Å². The molecule has 0 spiro atoms. The number of hydrogen-bond donors (Lipinski definition) is 4. The second-order valence-corrected chi connectivity index (χ2v) is 9.24. The molecular weight excluding hydrogens is 510 g/mol. The van der Waals surface area contributed by atoms with Crippen LogP contribution in [-0.2, 0) is 4.74 Å². The van der Waals surface area contributed by atoms with Gasteiger partial charge >= 0.3 is 0 Å². The van der Waals surface area contributed by atoms with Gasteiger partial charge in [0.2, 0.25) is 0 Å². The summed E-state index contributed by atoms with van der Waals surface area (Å²) >= 11 is 0. The molecule has 1 aliphatic rings. The first-order valence-corrected chi connectivity index (χ1v) is 12.7. The zero-order valence-corrected chi connectivity index (χ0v) is 21.3. The van der Waals surface area contributed by atoms with Crippen LogP contribution in [0.3, 0.4) is 0 Å². The van der Waals surface area contributed by atoms with Crippen molar-refractivity contribution in [2.45, 2.75) is 24.5 Å². The summed E-state index contributed by atoms with van der Waals surface area (Å²) in [6.45, 7) is -0.421. The first-order chi connectivity index (χ1) is 19.6. The molecule has 6 rings (SSSR count). The minimum Gasteiger partial charge on any atom is -0.394 e. The molecule has 40 heavy (non-hydrogen) atoms. The summed E-state index contributed by atoms with van der Waals surface area (Å²) in [5.74, 6) is 0.364. The molecule has 3 aromatic carbocycles. The molecule has 0 bridgehead atoms. The van der Waals surface area contributed by atoms with Crippen LogP contribution < -0.4 is 10.3 Å². The maximum absolute atomic E-state index is 10.4. The number of aliphatic hydroxyl groups excluding tert-OH is 3. The number of aliphatic hydroxyl groups is 3. The number of nitrogens with one attached hydrogen (secondary N) is 1. The lowest BCUT2D eigenvalue weighted by Gasteiger charge is -2.25. The minimum atomic E-state index is -1.25. The van der Waals surface area contributed by atoms with Crippen molar-refractivity contribution in [1.29, 1.82) is 0 Å². The Labute approximate surface area is 229 Å². The van der Waals surface area contributed by atoms with E-state index in [1.165, 1.54) is 17.2 Å². The number of fused-ring (bicyclic) bond motifs is 1. The van der Waals surface area contributed by atoms with Gasteiger partial charge in [-0.15, -0.1) is 0 Å². The van der Waals surface area contributed by atoms with Crippen molar-refractivity contribution in [3.63, 3.8) is 0 Å². The molecule has 11 heteroatoms. The van der Waals surface area contributed by atoms with E-state index in [-0.39, 0.29) is 0 Å². The highest BCUT2D eigenvalue weighted by Gasteiger charge is 2.44. The van der Waals surface area contributed by atoms with Gasteiger partial charge in [-0.05, 0) is 42.0 Å². The van der Waals surface area contributed by atoms with Gasteiger partial charge in [0.05, 0.1) is 19.1 Å². The highest BCUT2D eigenvalue weighted by Crippen LogP contribution is 2.34. The molecular formula is C29H27N7O4. The number of nitrogens with zero attached hydrogens (tertiary/aromatic N) is 6. The predicted octanol–water partition coefficient (Wildman–Crippen LogP) is 3.35. The highest BCUT2D eigenvalue weighted by atomic mass is 16.6.